The van der Waals surface area contributed by atoms with Crippen LogP contribution >= 0.6 is 11.3 Å². The van der Waals surface area contributed by atoms with E-state index in [0.29, 0.717) is 25.5 Å². The molecule has 0 N–H and O–H groups in total. The largest absolute Gasteiger partial charge is 0.340 e. The Hall–Kier alpha value is -2.18. The summed E-state index contributed by atoms with van der Waals surface area (Å²) in [5.41, 5.74) is 3.87. The van der Waals surface area contributed by atoms with Gasteiger partial charge in [0.15, 0.2) is 0 Å². The van der Waals surface area contributed by atoms with Gasteiger partial charge in [-0.25, -0.2) is 0 Å². The maximum atomic E-state index is 13.9. The summed E-state index contributed by atoms with van der Waals surface area (Å²) in [7, 11) is 0. The van der Waals surface area contributed by atoms with E-state index in [4.69, 9.17) is 0 Å². The highest BCUT2D eigenvalue weighted by atomic mass is 32.1. The van der Waals surface area contributed by atoms with E-state index in [1.165, 1.54) is 40.8 Å². The Bertz CT molecular complexity index is 1190. The zero-order valence-corrected chi connectivity index (χ0v) is 23.6. The molecular weight excluding hydrogens is 490 g/mol. The van der Waals surface area contributed by atoms with Crippen LogP contribution in [-0.2, 0) is 16.0 Å². The lowest BCUT2D eigenvalue weighted by molar-refractivity contribution is -0.157. The molecule has 1 atom stereocenters. The van der Waals surface area contributed by atoms with Crippen molar-refractivity contribution in [2.24, 2.45) is 23.2 Å². The number of amides is 2. The van der Waals surface area contributed by atoms with Crippen LogP contribution in [0.1, 0.15) is 72.6 Å². The first-order chi connectivity index (χ1) is 18.5. The molecule has 4 saturated carbocycles. The van der Waals surface area contributed by atoms with E-state index in [-0.39, 0.29) is 17.4 Å². The third-order valence-electron chi connectivity index (χ3n) is 10.5. The average molecular weight is 532 g/mol. The van der Waals surface area contributed by atoms with Crippen molar-refractivity contribution in [2.45, 2.75) is 64.3 Å². The lowest BCUT2D eigenvalue weighted by Crippen LogP contribution is -2.55. The van der Waals surface area contributed by atoms with Crippen molar-refractivity contribution in [3.05, 3.63) is 57.3 Å². The molecule has 2 aromatic rings. The first-order valence-corrected chi connectivity index (χ1v) is 15.8. The lowest BCUT2D eigenvalue weighted by atomic mass is 9.49. The van der Waals surface area contributed by atoms with Crippen LogP contribution in [0.2, 0.25) is 0 Å². The van der Waals surface area contributed by atoms with Crippen molar-refractivity contribution < 1.29 is 9.59 Å². The maximum absolute atomic E-state index is 13.9. The van der Waals surface area contributed by atoms with Crippen LogP contribution in [0.4, 0.5) is 0 Å². The highest BCUT2D eigenvalue weighted by molar-refractivity contribution is 7.10. The Morgan fingerprint density at radius 3 is 2.29 bits per heavy atom. The van der Waals surface area contributed by atoms with Gasteiger partial charge in [-0.2, -0.15) is 0 Å². The van der Waals surface area contributed by atoms with Gasteiger partial charge in [-0.1, -0.05) is 24.3 Å². The van der Waals surface area contributed by atoms with Gasteiger partial charge >= 0.3 is 0 Å². The third-order valence-corrected chi connectivity index (χ3v) is 11.5. The second-order valence-corrected chi connectivity index (χ2v) is 14.0. The molecule has 6 heteroatoms. The normalized spacial score (nSPS) is 32.8. The molecule has 202 valence electrons. The quantitative estimate of drug-likeness (QED) is 0.539. The highest BCUT2D eigenvalue weighted by Crippen LogP contribution is 2.60. The number of rotatable bonds is 4. The molecular formula is C32H41N3O2S. The fourth-order valence-electron chi connectivity index (χ4n) is 9.15. The molecule has 4 bridgehead atoms. The minimum absolute atomic E-state index is 0.0826. The molecule has 2 amide bonds. The standard InChI is InChI=1S/C32H41N3O2S/c1-22-5-2-3-6-26(22)30-27-8-14-38-28(27)7-11-35(30)21-29(36)33-9-4-10-34(13-12-33)31(37)32-18-23-15-24(19-32)17-25(16-23)20-32/h2-3,5-6,8,14,23-25,30H,4,7,9-13,15-21H2,1H3. The van der Waals surface area contributed by atoms with E-state index in [1.54, 1.807) is 0 Å². The van der Waals surface area contributed by atoms with E-state index in [1.807, 2.05) is 16.2 Å². The summed E-state index contributed by atoms with van der Waals surface area (Å²) < 4.78 is 0. The van der Waals surface area contributed by atoms with Crippen LogP contribution in [0, 0.1) is 30.1 Å². The van der Waals surface area contributed by atoms with Crippen molar-refractivity contribution in [1.82, 2.24) is 14.7 Å². The summed E-state index contributed by atoms with van der Waals surface area (Å²) in [5.74, 6) is 2.98. The molecule has 8 rings (SSSR count). The summed E-state index contributed by atoms with van der Waals surface area (Å²) in [6, 6.07) is 11.0. The smallest absolute Gasteiger partial charge is 0.236 e. The molecule has 1 aromatic carbocycles. The number of hydrogen-bond donors (Lipinski definition) is 0. The Balaban J connectivity index is 1.04. The predicted molar refractivity (Wildman–Crippen MR) is 151 cm³/mol. The van der Waals surface area contributed by atoms with Gasteiger partial charge in [0.1, 0.15) is 0 Å². The number of fused-ring (bicyclic) bond motifs is 1. The van der Waals surface area contributed by atoms with Gasteiger partial charge in [-0.15, -0.1) is 11.3 Å². The molecule has 0 spiro atoms. The SMILES string of the molecule is Cc1ccccc1C1c2ccsc2CCN1CC(=O)N1CCCN(C(=O)C23CC4CC(CC(C4)C2)C3)CC1. The summed E-state index contributed by atoms with van der Waals surface area (Å²) in [6.45, 7) is 6.46. The lowest BCUT2D eigenvalue weighted by Gasteiger charge is -2.56. The van der Waals surface area contributed by atoms with Crippen molar-refractivity contribution in [3.8, 4) is 0 Å². The fraction of sp³-hybridized carbons (Fsp3) is 0.625. The van der Waals surface area contributed by atoms with Crippen molar-refractivity contribution in [2.75, 3.05) is 39.3 Å². The number of aryl methyl sites for hydroxylation is 1. The van der Waals surface area contributed by atoms with Gasteiger partial charge in [0.25, 0.3) is 0 Å². The monoisotopic (exact) mass is 531 g/mol. The van der Waals surface area contributed by atoms with Gasteiger partial charge < -0.3 is 9.80 Å². The number of nitrogens with zero attached hydrogens (tertiary/aromatic N) is 3. The Labute approximate surface area is 231 Å². The van der Waals surface area contributed by atoms with Crippen LogP contribution in [0.25, 0.3) is 0 Å². The van der Waals surface area contributed by atoms with E-state index < -0.39 is 0 Å². The number of hydrogen-bond acceptors (Lipinski definition) is 4. The van der Waals surface area contributed by atoms with Crippen LogP contribution < -0.4 is 0 Å². The number of carbonyl (C=O) groups is 2. The van der Waals surface area contributed by atoms with E-state index in [0.717, 1.165) is 69.5 Å². The molecule has 6 aliphatic rings. The molecule has 4 aliphatic carbocycles. The van der Waals surface area contributed by atoms with Crippen LogP contribution in [0.5, 0.6) is 0 Å². The summed E-state index contributed by atoms with van der Waals surface area (Å²) in [5, 5.41) is 2.20. The van der Waals surface area contributed by atoms with Gasteiger partial charge in [0, 0.05) is 37.6 Å². The van der Waals surface area contributed by atoms with E-state index in [2.05, 4.69) is 52.4 Å². The topological polar surface area (TPSA) is 43.9 Å². The molecule has 2 aliphatic heterocycles. The molecule has 38 heavy (non-hydrogen) atoms. The third kappa shape index (κ3) is 4.32. The fourth-order valence-corrected chi connectivity index (χ4v) is 10.1. The van der Waals surface area contributed by atoms with Crippen LogP contribution in [0.3, 0.4) is 0 Å². The first-order valence-electron chi connectivity index (χ1n) is 14.9. The second-order valence-electron chi connectivity index (χ2n) is 13.0. The summed E-state index contributed by atoms with van der Waals surface area (Å²) in [6.07, 6.45) is 9.35. The minimum Gasteiger partial charge on any atom is -0.340 e. The molecule has 1 unspecified atom stereocenters. The second kappa shape index (κ2) is 9.78. The predicted octanol–water partition coefficient (Wildman–Crippen LogP) is 5.28. The molecule has 1 saturated heterocycles. The molecule has 1 aromatic heterocycles. The highest BCUT2D eigenvalue weighted by Gasteiger charge is 2.55. The molecule has 5 nitrogen and oxygen atoms in total. The first kappa shape index (κ1) is 24.8. The Kier molecular flexibility index (Phi) is 6.39. The van der Waals surface area contributed by atoms with Crippen molar-refractivity contribution >= 4 is 23.2 Å². The maximum Gasteiger partial charge on any atom is 0.236 e. The van der Waals surface area contributed by atoms with Crippen LogP contribution in [0.15, 0.2) is 35.7 Å². The molecule has 3 heterocycles. The van der Waals surface area contributed by atoms with Gasteiger partial charge in [0.05, 0.1) is 18.0 Å². The molecule has 5 fully saturated rings. The van der Waals surface area contributed by atoms with Gasteiger partial charge in [-0.05, 0) is 104 Å². The van der Waals surface area contributed by atoms with Gasteiger partial charge in [-0.3, -0.25) is 14.5 Å². The Morgan fingerprint density at radius 2 is 1.55 bits per heavy atom. The number of thiophene rings is 1. The summed E-state index contributed by atoms with van der Waals surface area (Å²) >= 11 is 1.84. The van der Waals surface area contributed by atoms with Crippen LogP contribution in [-0.4, -0.2) is 65.8 Å². The zero-order chi connectivity index (χ0) is 25.9. The minimum atomic E-state index is -0.0826. The Morgan fingerprint density at radius 1 is 0.868 bits per heavy atom. The average Bonchev–Trinajstić information content (AvgIpc) is 3.24. The van der Waals surface area contributed by atoms with Crippen molar-refractivity contribution in [3.63, 3.8) is 0 Å². The van der Waals surface area contributed by atoms with E-state index >= 15 is 0 Å². The zero-order valence-electron chi connectivity index (χ0n) is 22.7. The number of carbonyl (C=O) groups excluding carboxylic acids is 2. The van der Waals surface area contributed by atoms with Crippen molar-refractivity contribution in [1.29, 1.82) is 0 Å². The van der Waals surface area contributed by atoms with Gasteiger partial charge in [0.2, 0.25) is 11.8 Å². The molecule has 0 radical (unpaired) electrons. The summed E-state index contributed by atoms with van der Waals surface area (Å²) in [4.78, 5) is 35.7. The van der Waals surface area contributed by atoms with E-state index in [9.17, 15) is 9.59 Å². The number of benzene rings is 1.